The summed E-state index contributed by atoms with van der Waals surface area (Å²) < 4.78 is 122. The highest BCUT2D eigenvalue weighted by Gasteiger charge is 2.26. The summed E-state index contributed by atoms with van der Waals surface area (Å²) in [6.45, 7) is 3.78. The Bertz CT molecular complexity index is 1670. The molecule has 0 aliphatic carbocycles. The minimum atomic E-state index is -1.73. The van der Waals surface area contributed by atoms with Crippen molar-refractivity contribution in [2.75, 3.05) is 26.4 Å². The van der Waals surface area contributed by atoms with Crippen LogP contribution in [0.4, 0.5) is 30.7 Å². The third kappa shape index (κ3) is 7.19. The van der Waals surface area contributed by atoms with Gasteiger partial charge in [0.25, 0.3) is 0 Å². The first kappa shape index (κ1) is 32.1. The Kier molecular flexibility index (Phi) is 9.86. The average molecular weight is 635 g/mol. The number of carbonyl (C=O) groups excluding carboxylic acids is 1. The summed E-state index contributed by atoms with van der Waals surface area (Å²) in [5, 5.41) is 0. The van der Waals surface area contributed by atoms with Gasteiger partial charge < -0.3 is 18.9 Å². The first-order valence-corrected chi connectivity index (χ1v) is 13.8. The topological polar surface area (TPSA) is 54.0 Å². The minimum absolute atomic E-state index is 0.0322. The van der Waals surface area contributed by atoms with E-state index < -0.39 is 64.3 Å². The first-order valence-electron chi connectivity index (χ1n) is 13.8. The molecule has 236 valence electrons. The standard InChI is InChI=1S/C33H25F7O5/c1-2-7-42-14-17-15-43-33(44-16-17)18-3-5-22(24(34)8-18)19-9-26(36)30(27(37)10-19)32(41)45-21-4-6-23(25(35)13-21)20-11-28(38)31(40)29(39)12-20/h3-6,8-13,17,33H,2,7,14-16H2,1H3. The molecule has 5 nitrogen and oxygen atoms in total. The van der Waals surface area contributed by atoms with E-state index in [9.17, 15) is 31.1 Å². The van der Waals surface area contributed by atoms with Crippen LogP contribution in [-0.2, 0) is 14.2 Å². The Morgan fingerprint density at radius 3 is 1.84 bits per heavy atom. The second-order valence-corrected chi connectivity index (χ2v) is 10.3. The highest BCUT2D eigenvalue weighted by molar-refractivity contribution is 5.92. The number of esters is 1. The summed E-state index contributed by atoms with van der Waals surface area (Å²) in [6.07, 6.45) is 0.0499. The fourth-order valence-electron chi connectivity index (χ4n) is 4.72. The molecule has 0 unspecified atom stereocenters. The smallest absolute Gasteiger partial charge is 0.349 e. The van der Waals surface area contributed by atoms with Crippen molar-refractivity contribution in [1.29, 1.82) is 0 Å². The number of carbonyl (C=O) groups is 1. The third-order valence-electron chi connectivity index (χ3n) is 6.94. The number of rotatable bonds is 9. The highest BCUT2D eigenvalue weighted by atomic mass is 19.2. The summed E-state index contributed by atoms with van der Waals surface area (Å²) in [4.78, 5) is 12.6. The maximum atomic E-state index is 15.1. The quantitative estimate of drug-likeness (QED) is 0.0610. The molecule has 45 heavy (non-hydrogen) atoms. The van der Waals surface area contributed by atoms with Crippen LogP contribution >= 0.6 is 0 Å². The van der Waals surface area contributed by atoms with Crippen LogP contribution in [0.15, 0.2) is 60.7 Å². The average Bonchev–Trinajstić information content (AvgIpc) is 3.00. The molecule has 12 heteroatoms. The van der Waals surface area contributed by atoms with Crippen LogP contribution in [0.2, 0.25) is 0 Å². The Morgan fingerprint density at radius 2 is 1.29 bits per heavy atom. The Labute approximate surface area is 253 Å². The van der Waals surface area contributed by atoms with Gasteiger partial charge in [0.05, 0.1) is 19.8 Å². The van der Waals surface area contributed by atoms with Crippen LogP contribution in [-0.4, -0.2) is 32.4 Å². The van der Waals surface area contributed by atoms with Crippen LogP contribution in [0, 0.1) is 46.6 Å². The van der Waals surface area contributed by atoms with Crippen molar-refractivity contribution >= 4 is 5.97 Å². The molecule has 0 atom stereocenters. The van der Waals surface area contributed by atoms with Gasteiger partial charge in [-0.1, -0.05) is 19.1 Å². The molecule has 0 saturated carbocycles. The summed E-state index contributed by atoms with van der Waals surface area (Å²) in [5.41, 5.74) is -1.83. The van der Waals surface area contributed by atoms with Gasteiger partial charge in [-0.3, -0.25) is 0 Å². The van der Waals surface area contributed by atoms with Crippen molar-refractivity contribution in [3.8, 4) is 28.0 Å². The first-order chi connectivity index (χ1) is 21.5. The van der Waals surface area contributed by atoms with E-state index in [0.717, 1.165) is 36.8 Å². The lowest BCUT2D eigenvalue weighted by Crippen LogP contribution is -2.30. The Balaban J connectivity index is 1.28. The van der Waals surface area contributed by atoms with Crippen LogP contribution in [0.1, 0.15) is 35.6 Å². The van der Waals surface area contributed by atoms with E-state index in [0.29, 0.717) is 50.2 Å². The van der Waals surface area contributed by atoms with Crippen LogP contribution in [0.5, 0.6) is 5.75 Å². The van der Waals surface area contributed by atoms with Gasteiger partial charge in [0.1, 0.15) is 34.6 Å². The van der Waals surface area contributed by atoms with Gasteiger partial charge in [-0.2, -0.15) is 0 Å². The van der Waals surface area contributed by atoms with Crippen LogP contribution in [0.3, 0.4) is 0 Å². The van der Waals surface area contributed by atoms with Gasteiger partial charge in [0, 0.05) is 35.3 Å². The SMILES string of the molecule is CCCOCC1COC(c2ccc(-c3cc(F)c(C(=O)Oc4ccc(-c5cc(F)c(F)c(F)c5)c(F)c4)c(F)c3)c(F)c2)OC1. The van der Waals surface area contributed by atoms with Gasteiger partial charge >= 0.3 is 5.97 Å². The van der Waals surface area contributed by atoms with Crippen LogP contribution < -0.4 is 4.74 Å². The number of benzene rings is 4. The molecule has 4 aromatic rings. The molecule has 0 N–H and O–H groups in total. The highest BCUT2D eigenvalue weighted by Crippen LogP contribution is 2.33. The Hall–Kier alpha value is -4.26. The predicted molar refractivity (Wildman–Crippen MR) is 148 cm³/mol. The van der Waals surface area contributed by atoms with E-state index in [4.69, 9.17) is 18.9 Å². The van der Waals surface area contributed by atoms with E-state index in [1.165, 1.54) is 12.1 Å². The van der Waals surface area contributed by atoms with Crippen LogP contribution in [0.25, 0.3) is 22.3 Å². The molecule has 5 rings (SSSR count). The molecule has 1 aliphatic rings. The monoisotopic (exact) mass is 634 g/mol. The molecule has 4 aromatic carbocycles. The van der Waals surface area contributed by atoms with E-state index in [2.05, 4.69) is 0 Å². The van der Waals surface area contributed by atoms with Crippen molar-refractivity contribution in [1.82, 2.24) is 0 Å². The number of ether oxygens (including phenoxy) is 4. The number of hydrogen-bond acceptors (Lipinski definition) is 5. The van der Waals surface area contributed by atoms with Crippen molar-refractivity contribution in [3.63, 3.8) is 0 Å². The summed E-state index contributed by atoms with van der Waals surface area (Å²) in [7, 11) is 0. The molecule has 1 saturated heterocycles. The molecule has 1 fully saturated rings. The number of hydrogen-bond donors (Lipinski definition) is 0. The van der Waals surface area contributed by atoms with Crippen molar-refractivity contribution < 1.29 is 54.5 Å². The predicted octanol–water partition coefficient (Wildman–Crippen LogP) is 8.30. The van der Waals surface area contributed by atoms with Gasteiger partial charge in [0.2, 0.25) is 0 Å². The zero-order chi connectivity index (χ0) is 32.2. The Morgan fingerprint density at radius 1 is 0.733 bits per heavy atom. The molecular weight excluding hydrogens is 609 g/mol. The fraction of sp³-hybridized carbons (Fsp3) is 0.242. The fourth-order valence-corrected chi connectivity index (χ4v) is 4.72. The van der Waals surface area contributed by atoms with Gasteiger partial charge in [-0.15, -0.1) is 0 Å². The number of halogens is 7. The van der Waals surface area contributed by atoms with Crippen molar-refractivity contribution in [3.05, 3.63) is 113 Å². The lowest BCUT2D eigenvalue weighted by molar-refractivity contribution is -0.212. The molecule has 1 heterocycles. The van der Waals surface area contributed by atoms with E-state index in [1.54, 1.807) is 0 Å². The van der Waals surface area contributed by atoms with Gasteiger partial charge in [-0.05, 0) is 60.0 Å². The zero-order valence-electron chi connectivity index (χ0n) is 23.7. The lowest BCUT2D eigenvalue weighted by atomic mass is 10.0. The molecule has 0 bridgehead atoms. The maximum absolute atomic E-state index is 15.1. The summed E-state index contributed by atoms with van der Waals surface area (Å²) in [5.74, 6) is -11.5. The second-order valence-electron chi connectivity index (χ2n) is 10.3. The van der Waals surface area contributed by atoms with E-state index >= 15 is 4.39 Å². The molecule has 1 aliphatic heterocycles. The van der Waals surface area contributed by atoms with E-state index in [-0.39, 0.29) is 28.2 Å². The molecule has 0 spiro atoms. The molecule has 0 radical (unpaired) electrons. The molecular formula is C33H25F7O5. The molecule has 0 aromatic heterocycles. The van der Waals surface area contributed by atoms with Gasteiger partial charge in [-0.25, -0.2) is 35.5 Å². The summed E-state index contributed by atoms with van der Waals surface area (Å²) in [6, 6.07) is 9.18. The third-order valence-corrected chi connectivity index (χ3v) is 6.94. The van der Waals surface area contributed by atoms with Crippen molar-refractivity contribution in [2.24, 2.45) is 5.92 Å². The van der Waals surface area contributed by atoms with Gasteiger partial charge in [0.15, 0.2) is 23.7 Å². The van der Waals surface area contributed by atoms with E-state index in [1.807, 2.05) is 6.92 Å². The molecule has 0 amide bonds. The lowest BCUT2D eigenvalue weighted by Gasteiger charge is -2.29. The minimum Gasteiger partial charge on any atom is -0.423 e. The largest absolute Gasteiger partial charge is 0.423 e. The normalized spacial score (nSPS) is 16.5. The maximum Gasteiger partial charge on any atom is 0.349 e. The zero-order valence-corrected chi connectivity index (χ0v) is 23.7. The van der Waals surface area contributed by atoms with Crippen molar-refractivity contribution in [2.45, 2.75) is 19.6 Å². The summed E-state index contributed by atoms with van der Waals surface area (Å²) >= 11 is 0. The second kappa shape index (κ2) is 13.8.